The molecule has 0 unspecified atom stereocenters. The number of rotatable bonds is 6. The Morgan fingerprint density at radius 2 is 2.10 bits per heavy atom. The SMILES string of the molecule is CCOc1cccc(CS(=O)(=O)Cc2cc(C)no2)n1. The Hall–Kier alpha value is -1.89. The third kappa shape index (κ3) is 4.06. The molecule has 0 saturated heterocycles. The first-order valence-corrected chi connectivity index (χ1v) is 8.02. The van der Waals surface area contributed by atoms with Gasteiger partial charge in [-0.2, -0.15) is 0 Å². The minimum absolute atomic E-state index is 0.159. The molecule has 2 aromatic heterocycles. The van der Waals surface area contributed by atoms with Gasteiger partial charge in [0.05, 0.1) is 23.7 Å². The average Bonchev–Trinajstić information content (AvgIpc) is 2.74. The van der Waals surface area contributed by atoms with Gasteiger partial charge in [0.25, 0.3) is 0 Å². The lowest BCUT2D eigenvalue weighted by atomic mass is 10.4. The van der Waals surface area contributed by atoms with Gasteiger partial charge in [0.2, 0.25) is 5.88 Å². The molecule has 0 radical (unpaired) electrons. The first-order chi connectivity index (χ1) is 9.48. The zero-order valence-corrected chi connectivity index (χ0v) is 12.2. The van der Waals surface area contributed by atoms with Crippen molar-refractivity contribution in [3.8, 4) is 5.88 Å². The second kappa shape index (κ2) is 6.04. The third-order valence-electron chi connectivity index (χ3n) is 2.48. The second-order valence-electron chi connectivity index (χ2n) is 4.37. The van der Waals surface area contributed by atoms with E-state index >= 15 is 0 Å². The number of hydrogen-bond acceptors (Lipinski definition) is 6. The van der Waals surface area contributed by atoms with Gasteiger partial charge in [-0.25, -0.2) is 13.4 Å². The minimum Gasteiger partial charge on any atom is -0.478 e. The molecule has 0 saturated carbocycles. The fourth-order valence-electron chi connectivity index (χ4n) is 1.74. The van der Waals surface area contributed by atoms with E-state index in [4.69, 9.17) is 9.26 Å². The van der Waals surface area contributed by atoms with E-state index in [0.717, 1.165) is 0 Å². The molecule has 7 heteroatoms. The quantitative estimate of drug-likeness (QED) is 0.809. The summed E-state index contributed by atoms with van der Waals surface area (Å²) in [5.74, 6) is 0.418. The van der Waals surface area contributed by atoms with Crippen molar-refractivity contribution in [2.45, 2.75) is 25.4 Å². The summed E-state index contributed by atoms with van der Waals surface area (Å²) in [7, 11) is -3.36. The maximum atomic E-state index is 12.1. The van der Waals surface area contributed by atoms with Crippen LogP contribution in [0.15, 0.2) is 28.8 Å². The molecule has 0 bridgehead atoms. The molecule has 2 rings (SSSR count). The van der Waals surface area contributed by atoms with Gasteiger partial charge in [0.1, 0.15) is 5.75 Å². The lowest BCUT2D eigenvalue weighted by Crippen LogP contribution is -2.09. The van der Waals surface area contributed by atoms with E-state index in [2.05, 4.69) is 10.1 Å². The van der Waals surface area contributed by atoms with Gasteiger partial charge in [-0.1, -0.05) is 11.2 Å². The summed E-state index contributed by atoms with van der Waals surface area (Å²) in [6, 6.07) is 6.69. The third-order valence-corrected chi connectivity index (χ3v) is 3.94. The molecule has 0 aliphatic heterocycles. The number of ether oxygens (including phenoxy) is 1. The van der Waals surface area contributed by atoms with Crippen LogP contribution in [-0.2, 0) is 21.3 Å². The van der Waals surface area contributed by atoms with E-state index in [1.54, 1.807) is 31.2 Å². The molecule has 0 amide bonds. The Balaban J connectivity index is 2.09. The van der Waals surface area contributed by atoms with Crippen molar-refractivity contribution in [3.05, 3.63) is 41.4 Å². The average molecular weight is 296 g/mol. The molecule has 0 aromatic carbocycles. The molecule has 0 fully saturated rings. The van der Waals surface area contributed by atoms with E-state index in [-0.39, 0.29) is 11.5 Å². The number of aromatic nitrogens is 2. The molecule has 20 heavy (non-hydrogen) atoms. The number of aryl methyl sites for hydroxylation is 1. The zero-order chi connectivity index (χ0) is 14.6. The number of sulfone groups is 1. The standard InChI is InChI=1S/C13H16N2O4S/c1-3-18-13-6-4-5-11(14-13)8-20(16,17)9-12-7-10(2)15-19-12/h4-7H,3,8-9H2,1-2H3. The Bertz CT molecular complexity index is 679. The second-order valence-corrected chi connectivity index (χ2v) is 6.43. The summed E-state index contributed by atoms with van der Waals surface area (Å²) in [6.07, 6.45) is 0. The van der Waals surface area contributed by atoms with Crippen molar-refractivity contribution in [1.29, 1.82) is 0 Å². The number of pyridine rings is 1. The highest BCUT2D eigenvalue weighted by atomic mass is 32.2. The van der Waals surface area contributed by atoms with Crippen LogP contribution in [-0.4, -0.2) is 25.2 Å². The fourth-order valence-corrected chi connectivity index (χ4v) is 3.03. The summed E-state index contributed by atoms with van der Waals surface area (Å²) in [6.45, 7) is 4.07. The first-order valence-electron chi connectivity index (χ1n) is 6.20. The number of hydrogen-bond donors (Lipinski definition) is 0. The fraction of sp³-hybridized carbons (Fsp3) is 0.385. The molecule has 0 aliphatic rings. The van der Waals surface area contributed by atoms with Gasteiger partial charge in [0, 0.05) is 12.1 Å². The lowest BCUT2D eigenvalue weighted by Gasteiger charge is -2.05. The summed E-state index contributed by atoms with van der Waals surface area (Å²) in [5.41, 5.74) is 1.11. The summed E-state index contributed by atoms with van der Waals surface area (Å²) >= 11 is 0. The predicted octanol–water partition coefficient (Wildman–Crippen LogP) is 1.89. The van der Waals surface area contributed by atoms with Gasteiger partial charge in [-0.3, -0.25) is 0 Å². The van der Waals surface area contributed by atoms with Crippen LogP contribution in [0, 0.1) is 6.92 Å². The Morgan fingerprint density at radius 1 is 1.30 bits per heavy atom. The molecule has 108 valence electrons. The van der Waals surface area contributed by atoms with Crippen LogP contribution in [0.3, 0.4) is 0 Å². The van der Waals surface area contributed by atoms with E-state index in [9.17, 15) is 8.42 Å². The molecule has 0 N–H and O–H groups in total. The highest BCUT2D eigenvalue weighted by Gasteiger charge is 2.17. The molecule has 0 spiro atoms. The molecular weight excluding hydrogens is 280 g/mol. The van der Waals surface area contributed by atoms with Crippen LogP contribution in [0.2, 0.25) is 0 Å². The molecule has 0 atom stereocenters. The van der Waals surface area contributed by atoms with Crippen molar-refractivity contribution < 1.29 is 17.7 Å². The van der Waals surface area contributed by atoms with Crippen LogP contribution >= 0.6 is 0 Å². The Morgan fingerprint density at radius 3 is 2.75 bits per heavy atom. The molecule has 2 aromatic rings. The van der Waals surface area contributed by atoms with E-state index in [1.807, 2.05) is 6.92 Å². The highest BCUT2D eigenvalue weighted by molar-refractivity contribution is 7.89. The van der Waals surface area contributed by atoms with E-state index in [1.165, 1.54) is 0 Å². The van der Waals surface area contributed by atoms with Gasteiger partial charge in [-0.15, -0.1) is 0 Å². The minimum atomic E-state index is -3.36. The molecular formula is C13H16N2O4S. The van der Waals surface area contributed by atoms with E-state index < -0.39 is 9.84 Å². The summed E-state index contributed by atoms with van der Waals surface area (Å²) in [4.78, 5) is 4.15. The van der Waals surface area contributed by atoms with Crippen LogP contribution in [0.4, 0.5) is 0 Å². The topological polar surface area (TPSA) is 82.3 Å². The number of nitrogens with zero attached hydrogens (tertiary/aromatic N) is 2. The van der Waals surface area contributed by atoms with Crippen molar-refractivity contribution in [3.63, 3.8) is 0 Å². The maximum Gasteiger partial charge on any atom is 0.213 e. The van der Waals surface area contributed by atoms with Crippen molar-refractivity contribution in [2.75, 3.05) is 6.61 Å². The lowest BCUT2D eigenvalue weighted by molar-refractivity contribution is 0.326. The Labute approximate surface area is 117 Å². The van der Waals surface area contributed by atoms with Gasteiger partial charge in [0.15, 0.2) is 15.6 Å². The maximum absolute atomic E-state index is 12.1. The molecule has 2 heterocycles. The van der Waals surface area contributed by atoms with Crippen molar-refractivity contribution >= 4 is 9.84 Å². The monoisotopic (exact) mass is 296 g/mol. The van der Waals surface area contributed by atoms with E-state index in [0.29, 0.717) is 29.6 Å². The molecule has 6 nitrogen and oxygen atoms in total. The normalized spacial score (nSPS) is 11.5. The smallest absolute Gasteiger partial charge is 0.213 e. The first kappa shape index (κ1) is 14.5. The van der Waals surface area contributed by atoms with Crippen LogP contribution in [0.5, 0.6) is 5.88 Å². The predicted molar refractivity (Wildman–Crippen MR) is 73.0 cm³/mol. The highest BCUT2D eigenvalue weighted by Crippen LogP contribution is 2.14. The molecule has 0 aliphatic carbocycles. The van der Waals surface area contributed by atoms with Gasteiger partial charge >= 0.3 is 0 Å². The summed E-state index contributed by atoms with van der Waals surface area (Å²) in [5, 5.41) is 3.67. The van der Waals surface area contributed by atoms with Crippen molar-refractivity contribution in [1.82, 2.24) is 10.1 Å². The van der Waals surface area contributed by atoms with Gasteiger partial charge in [-0.05, 0) is 19.9 Å². The van der Waals surface area contributed by atoms with Crippen LogP contribution < -0.4 is 4.74 Å². The van der Waals surface area contributed by atoms with Gasteiger partial charge < -0.3 is 9.26 Å². The Kier molecular flexibility index (Phi) is 4.39. The van der Waals surface area contributed by atoms with Crippen molar-refractivity contribution in [2.24, 2.45) is 0 Å². The summed E-state index contributed by atoms with van der Waals surface area (Å²) < 4.78 is 34.3. The van der Waals surface area contributed by atoms with Crippen LogP contribution in [0.25, 0.3) is 0 Å². The largest absolute Gasteiger partial charge is 0.478 e. The van der Waals surface area contributed by atoms with Crippen LogP contribution in [0.1, 0.15) is 24.1 Å². The zero-order valence-electron chi connectivity index (χ0n) is 11.4.